The van der Waals surface area contributed by atoms with Gasteiger partial charge in [-0.1, -0.05) is 269 Å². The summed E-state index contributed by atoms with van der Waals surface area (Å²) in [4.78, 5) is 22.6. The molecular formula is C54H104O4. The van der Waals surface area contributed by atoms with Crippen LogP contribution >= 0.6 is 0 Å². The first kappa shape index (κ1) is 56.7. The van der Waals surface area contributed by atoms with Gasteiger partial charge < -0.3 is 9.84 Å². The van der Waals surface area contributed by atoms with Crippen molar-refractivity contribution in [3.05, 3.63) is 12.2 Å². The molecule has 0 aliphatic rings. The number of allylic oxidation sites excluding steroid dienone is 2. The first-order valence-electron chi connectivity index (χ1n) is 26.7. The Balaban J connectivity index is 3.15. The molecule has 4 heteroatoms. The molecule has 0 bridgehead atoms. The summed E-state index contributed by atoms with van der Waals surface area (Å²) in [5.74, 6) is -0.630. The van der Waals surface area contributed by atoms with Crippen molar-refractivity contribution in [3.63, 3.8) is 0 Å². The van der Waals surface area contributed by atoms with E-state index in [1.807, 2.05) is 0 Å². The van der Waals surface area contributed by atoms with Crippen molar-refractivity contribution in [2.24, 2.45) is 0 Å². The maximum atomic E-state index is 12.0. The van der Waals surface area contributed by atoms with Gasteiger partial charge in [-0.2, -0.15) is 0 Å². The number of carbonyl (C=O) groups is 2. The average molecular weight is 817 g/mol. The van der Waals surface area contributed by atoms with Crippen LogP contribution in [0.4, 0.5) is 0 Å². The Bertz CT molecular complexity index is 822. The molecule has 0 saturated heterocycles. The van der Waals surface area contributed by atoms with Crippen LogP contribution in [0, 0.1) is 0 Å². The Morgan fingerprint density at radius 2 is 0.569 bits per heavy atom. The number of rotatable bonds is 51. The molecule has 0 radical (unpaired) electrons. The van der Waals surface area contributed by atoms with Crippen molar-refractivity contribution >= 4 is 11.9 Å². The molecule has 0 atom stereocenters. The third-order valence-corrected chi connectivity index (χ3v) is 12.4. The number of carbonyl (C=O) groups excluding carboxylic acids is 1. The van der Waals surface area contributed by atoms with E-state index in [1.165, 1.54) is 270 Å². The lowest BCUT2D eigenvalue weighted by molar-refractivity contribution is -0.144. The Kier molecular flexibility index (Phi) is 50.6. The number of carboxylic acids is 1. The van der Waals surface area contributed by atoms with Crippen molar-refractivity contribution in [2.75, 3.05) is 6.61 Å². The summed E-state index contributed by atoms with van der Waals surface area (Å²) in [5, 5.41) is 8.67. The molecule has 0 aliphatic carbocycles. The highest BCUT2D eigenvalue weighted by Crippen LogP contribution is 2.18. The Morgan fingerprint density at radius 1 is 0.328 bits per heavy atom. The van der Waals surface area contributed by atoms with Crippen molar-refractivity contribution < 1.29 is 19.4 Å². The number of hydrogen-bond donors (Lipinski definition) is 1. The van der Waals surface area contributed by atoms with Crippen LogP contribution in [0.2, 0.25) is 0 Å². The van der Waals surface area contributed by atoms with Crippen molar-refractivity contribution in [1.82, 2.24) is 0 Å². The van der Waals surface area contributed by atoms with Gasteiger partial charge in [0.2, 0.25) is 0 Å². The van der Waals surface area contributed by atoms with Crippen LogP contribution in [-0.4, -0.2) is 23.7 Å². The van der Waals surface area contributed by atoms with E-state index in [0.29, 0.717) is 19.4 Å². The number of carboxylic acid groups (broad SMARTS) is 1. The van der Waals surface area contributed by atoms with Gasteiger partial charge in [0.05, 0.1) is 6.61 Å². The molecule has 0 aromatic rings. The highest BCUT2D eigenvalue weighted by atomic mass is 16.5. The van der Waals surface area contributed by atoms with Crippen molar-refractivity contribution in [1.29, 1.82) is 0 Å². The van der Waals surface area contributed by atoms with Gasteiger partial charge in [0.25, 0.3) is 0 Å². The predicted molar refractivity (Wildman–Crippen MR) is 255 cm³/mol. The molecule has 0 aromatic heterocycles. The second-order valence-corrected chi connectivity index (χ2v) is 18.4. The molecule has 0 aromatic carbocycles. The van der Waals surface area contributed by atoms with Gasteiger partial charge >= 0.3 is 11.9 Å². The fourth-order valence-electron chi connectivity index (χ4n) is 8.46. The second-order valence-electron chi connectivity index (χ2n) is 18.4. The van der Waals surface area contributed by atoms with Gasteiger partial charge in [0.15, 0.2) is 0 Å². The SMILES string of the molecule is CCCCCCC=CCCCCCCCCCCCC(=O)OCCCCCCCCCCCCCCCCCCCCCCCCCCCCCCCCCC(=O)O. The lowest BCUT2D eigenvalue weighted by Gasteiger charge is -2.06. The number of aliphatic carboxylic acids is 1. The zero-order chi connectivity index (χ0) is 41.9. The minimum Gasteiger partial charge on any atom is -0.481 e. The summed E-state index contributed by atoms with van der Waals surface area (Å²) < 4.78 is 5.49. The minimum atomic E-state index is -0.652. The Morgan fingerprint density at radius 3 is 0.862 bits per heavy atom. The zero-order valence-corrected chi connectivity index (χ0v) is 39.5. The first-order valence-corrected chi connectivity index (χ1v) is 26.7. The van der Waals surface area contributed by atoms with Crippen LogP contribution in [0.3, 0.4) is 0 Å². The normalized spacial score (nSPS) is 11.6. The Hall–Kier alpha value is -1.32. The fourth-order valence-corrected chi connectivity index (χ4v) is 8.46. The van der Waals surface area contributed by atoms with E-state index in [1.54, 1.807) is 0 Å². The van der Waals surface area contributed by atoms with Crippen LogP contribution in [-0.2, 0) is 14.3 Å². The number of esters is 1. The smallest absolute Gasteiger partial charge is 0.305 e. The van der Waals surface area contributed by atoms with Gasteiger partial charge in [0.1, 0.15) is 0 Å². The van der Waals surface area contributed by atoms with Gasteiger partial charge in [-0.05, 0) is 44.9 Å². The monoisotopic (exact) mass is 817 g/mol. The minimum absolute atomic E-state index is 0.0217. The summed E-state index contributed by atoms with van der Waals surface area (Å²) >= 11 is 0. The summed E-state index contributed by atoms with van der Waals surface area (Å²) in [5.41, 5.74) is 0. The number of unbranched alkanes of at least 4 members (excludes halogenated alkanes) is 43. The lowest BCUT2D eigenvalue weighted by atomic mass is 10.0. The van der Waals surface area contributed by atoms with Crippen LogP contribution in [0.1, 0.15) is 315 Å². The summed E-state index contributed by atoms with van der Waals surface area (Å²) in [6.45, 7) is 2.90. The third-order valence-electron chi connectivity index (χ3n) is 12.4. The first-order chi connectivity index (χ1) is 28.7. The average Bonchev–Trinajstić information content (AvgIpc) is 3.22. The predicted octanol–water partition coefficient (Wildman–Crippen LogP) is 18.9. The van der Waals surface area contributed by atoms with E-state index in [2.05, 4.69) is 19.1 Å². The van der Waals surface area contributed by atoms with Crippen LogP contribution < -0.4 is 0 Å². The van der Waals surface area contributed by atoms with E-state index in [0.717, 1.165) is 25.7 Å². The van der Waals surface area contributed by atoms with Crippen molar-refractivity contribution in [3.8, 4) is 0 Å². The van der Waals surface area contributed by atoms with Gasteiger partial charge in [-0.3, -0.25) is 9.59 Å². The third kappa shape index (κ3) is 52.7. The highest BCUT2D eigenvalue weighted by molar-refractivity contribution is 5.69. The highest BCUT2D eigenvalue weighted by Gasteiger charge is 2.03. The molecule has 0 aliphatic heterocycles. The topological polar surface area (TPSA) is 63.6 Å². The van der Waals surface area contributed by atoms with Gasteiger partial charge in [-0.15, -0.1) is 0 Å². The molecule has 0 amide bonds. The molecule has 0 fully saturated rings. The summed E-state index contributed by atoms with van der Waals surface area (Å²) in [7, 11) is 0. The van der Waals surface area contributed by atoms with Crippen LogP contribution in [0.25, 0.3) is 0 Å². The lowest BCUT2D eigenvalue weighted by Crippen LogP contribution is -2.05. The van der Waals surface area contributed by atoms with E-state index >= 15 is 0 Å². The summed E-state index contributed by atoms with van der Waals surface area (Å²) in [6, 6.07) is 0. The molecule has 58 heavy (non-hydrogen) atoms. The molecule has 1 N–H and O–H groups in total. The van der Waals surface area contributed by atoms with Gasteiger partial charge in [0, 0.05) is 12.8 Å². The van der Waals surface area contributed by atoms with Crippen LogP contribution in [0.15, 0.2) is 12.2 Å². The standard InChI is InChI=1S/C54H104O4/c1-2-3-4-5-6-7-8-9-10-26-30-33-36-39-42-45-48-51-54(57)58-52-49-46-43-40-37-34-31-28-25-23-21-19-17-15-13-11-12-14-16-18-20-22-24-27-29-32-35-38-41-44-47-50-53(55)56/h7-8H,2-6,9-52H2,1H3,(H,55,56). The van der Waals surface area contributed by atoms with E-state index in [4.69, 9.17) is 9.84 Å². The molecular weight excluding hydrogens is 713 g/mol. The maximum Gasteiger partial charge on any atom is 0.305 e. The van der Waals surface area contributed by atoms with E-state index < -0.39 is 5.97 Å². The largest absolute Gasteiger partial charge is 0.481 e. The van der Waals surface area contributed by atoms with E-state index in [-0.39, 0.29) is 5.97 Å². The zero-order valence-electron chi connectivity index (χ0n) is 39.5. The maximum absolute atomic E-state index is 12.0. The summed E-state index contributed by atoms with van der Waals surface area (Å²) in [6.07, 6.45) is 67.3. The molecule has 0 spiro atoms. The molecule has 0 saturated carbocycles. The van der Waals surface area contributed by atoms with Crippen LogP contribution in [0.5, 0.6) is 0 Å². The second kappa shape index (κ2) is 51.8. The molecule has 0 heterocycles. The molecule has 4 nitrogen and oxygen atoms in total. The Labute approximate surface area is 364 Å². The van der Waals surface area contributed by atoms with Gasteiger partial charge in [-0.25, -0.2) is 0 Å². The fraction of sp³-hybridized carbons (Fsp3) is 0.926. The van der Waals surface area contributed by atoms with Crippen molar-refractivity contribution in [2.45, 2.75) is 315 Å². The van der Waals surface area contributed by atoms with E-state index in [9.17, 15) is 9.59 Å². The molecule has 344 valence electrons. The molecule has 0 rings (SSSR count). The number of hydrogen-bond acceptors (Lipinski definition) is 3. The quantitative estimate of drug-likeness (QED) is 0.0377. The molecule has 0 unspecified atom stereocenters. The number of ether oxygens (including phenoxy) is 1.